The number of thioether (sulfide) groups is 1. The molecule has 2 saturated heterocycles. The second kappa shape index (κ2) is 6.06. The molecule has 4 nitrogen and oxygen atoms in total. The number of likely N-dealkylation sites (tertiary alicyclic amines) is 1. The molecule has 3 aliphatic rings. The van der Waals surface area contributed by atoms with Gasteiger partial charge in [-0.05, 0) is 49.9 Å². The second-order valence-electron chi connectivity index (χ2n) is 6.86. The molecular formula is C18H21FN2O2S. The zero-order chi connectivity index (χ0) is 16.7. The zero-order valence-corrected chi connectivity index (χ0v) is 14.4. The van der Waals surface area contributed by atoms with E-state index in [1.165, 1.54) is 12.1 Å². The predicted molar refractivity (Wildman–Crippen MR) is 91.2 cm³/mol. The summed E-state index contributed by atoms with van der Waals surface area (Å²) in [6.45, 7) is 2.18. The first-order chi connectivity index (χ1) is 11.6. The summed E-state index contributed by atoms with van der Waals surface area (Å²) in [5.41, 5.74) is 0.537. The highest BCUT2D eigenvalue weighted by Crippen LogP contribution is 2.45. The lowest BCUT2D eigenvalue weighted by atomic mass is 10.0. The van der Waals surface area contributed by atoms with E-state index in [1.807, 2.05) is 21.6 Å². The quantitative estimate of drug-likeness (QED) is 0.825. The second-order valence-corrected chi connectivity index (χ2v) is 8.31. The summed E-state index contributed by atoms with van der Waals surface area (Å²) in [6.07, 6.45) is 3.71. The van der Waals surface area contributed by atoms with Crippen LogP contribution in [-0.4, -0.2) is 51.9 Å². The molecule has 0 N–H and O–H groups in total. The maximum absolute atomic E-state index is 13.1. The van der Waals surface area contributed by atoms with Crippen molar-refractivity contribution in [3.63, 3.8) is 0 Å². The van der Waals surface area contributed by atoms with E-state index in [9.17, 15) is 14.0 Å². The standard InChI is InChI=1S/C18H21FN2O2S/c19-15-5-3-14(4-6-15)17(23)21-11-12-24-18(21)7-9-20(10-8-18)16(22)13-1-2-13/h3-6,13H,1-2,7-12H2. The van der Waals surface area contributed by atoms with Crippen molar-refractivity contribution in [3.05, 3.63) is 35.6 Å². The van der Waals surface area contributed by atoms with Crippen LogP contribution >= 0.6 is 11.8 Å². The van der Waals surface area contributed by atoms with Crippen molar-refractivity contribution in [2.45, 2.75) is 30.6 Å². The first-order valence-corrected chi connectivity index (χ1v) is 9.58. The van der Waals surface area contributed by atoms with Gasteiger partial charge in [-0.3, -0.25) is 9.59 Å². The van der Waals surface area contributed by atoms with Gasteiger partial charge >= 0.3 is 0 Å². The van der Waals surface area contributed by atoms with Gasteiger partial charge in [0.2, 0.25) is 5.91 Å². The van der Waals surface area contributed by atoms with Crippen molar-refractivity contribution < 1.29 is 14.0 Å². The van der Waals surface area contributed by atoms with Gasteiger partial charge in [0.25, 0.3) is 5.91 Å². The number of benzene rings is 1. The van der Waals surface area contributed by atoms with Crippen LogP contribution in [0.3, 0.4) is 0 Å². The number of piperidine rings is 1. The largest absolute Gasteiger partial charge is 0.342 e. The number of halogens is 1. The normalized spacial score (nSPS) is 22.9. The molecule has 1 aliphatic carbocycles. The summed E-state index contributed by atoms with van der Waals surface area (Å²) in [4.78, 5) is 28.8. The van der Waals surface area contributed by atoms with Gasteiger partial charge in [-0.15, -0.1) is 11.8 Å². The van der Waals surface area contributed by atoms with Crippen LogP contribution in [0.1, 0.15) is 36.0 Å². The number of rotatable bonds is 2. The lowest BCUT2D eigenvalue weighted by Crippen LogP contribution is -2.53. The molecular weight excluding hydrogens is 327 g/mol. The smallest absolute Gasteiger partial charge is 0.254 e. The minimum Gasteiger partial charge on any atom is -0.342 e. The fourth-order valence-corrected chi connectivity index (χ4v) is 5.18. The molecule has 4 rings (SSSR count). The van der Waals surface area contributed by atoms with Crippen LogP contribution in [-0.2, 0) is 4.79 Å². The fourth-order valence-electron chi connectivity index (χ4n) is 3.72. The van der Waals surface area contributed by atoms with E-state index in [1.54, 1.807) is 12.1 Å². The van der Waals surface area contributed by atoms with E-state index in [4.69, 9.17) is 0 Å². The van der Waals surface area contributed by atoms with Crippen molar-refractivity contribution >= 4 is 23.6 Å². The summed E-state index contributed by atoms with van der Waals surface area (Å²) >= 11 is 1.83. The van der Waals surface area contributed by atoms with Gasteiger partial charge in [0.1, 0.15) is 5.82 Å². The summed E-state index contributed by atoms with van der Waals surface area (Å²) < 4.78 is 13.1. The van der Waals surface area contributed by atoms with Gasteiger partial charge in [0.15, 0.2) is 0 Å². The molecule has 0 atom stereocenters. The molecule has 0 bridgehead atoms. The van der Waals surface area contributed by atoms with E-state index in [0.29, 0.717) is 11.5 Å². The lowest BCUT2D eigenvalue weighted by molar-refractivity contribution is -0.134. The average molecular weight is 348 g/mol. The zero-order valence-electron chi connectivity index (χ0n) is 13.5. The highest BCUT2D eigenvalue weighted by atomic mass is 32.2. The van der Waals surface area contributed by atoms with Gasteiger partial charge in [0, 0.05) is 36.9 Å². The minimum atomic E-state index is -0.330. The van der Waals surface area contributed by atoms with Gasteiger partial charge in [-0.25, -0.2) is 4.39 Å². The Labute approximate surface area is 145 Å². The topological polar surface area (TPSA) is 40.6 Å². The molecule has 1 aromatic carbocycles. The number of carbonyl (C=O) groups excluding carboxylic acids is 2. The Kier molecular flexibility index (Phi) is 4.03. The summed E-state index contributed by atoms with van der Waals surface area (Å²) in [6, 6.07) is 5.78. The maximum Gasteiger partial charge on any atom is 0.254 e. The third-order valence-electron chi connectivity index (χ3n) is 5.30. The molecule has 1 spiro atoms. The van der Waals surface area contributed by atoms with Crippen molar-refractivity contribution in [3.8, 4) is 0 Å². The van der Waals surface area contributed by atoms with Gasteiger partial charge in [0.05, 0.1) is 4.87 Å². The maximum atomic E-state index is 13.1. The molecule has 2 amide bonds. The summed E-state index contributed by atoms with van der Waals surface area (Å²) in [5.74, 6) is 1.12. The molecule has 24 heavy (non-hydrogen) atoms. The third-order valence-corrected chi connectivity index (χ3v) is 6.85. The highest BCUT2D eigenvalue weighted by molar-refractivity contribution is 8.00. The first kappa shape index (κ1) is 15.9. The van der Waals surface area contributed by atoms with E-state index in [-0.39, 0.29) is 22.5 Å². The molecule has 2 heterocycles. The van der Waals surface area contributed by atoms with Crippen molar-refractivity contribution in [1.82, 2.24) is 9.80 Å². The van der Waals surface area contributed by atoms with Crippen LogP contribution < -0.4 is 0 Å². The average Bonchev–Trinajstić information content (AvgIpc) is 3.38. The number of carbonyl (C=O) groups is 2. The molecule has 1 saturated carbocycles. The van der Waals surface area contributed by atoms with E-state index in [0.717, 1.165) is 51.1 Å². The van der Waals surface area contributed by atoms with Crippen LogP contribution in [0.2, 0.25) is 0 Å². The van der Waals surface area contributed by atoms with E-state index < -0.39 is 0 Å². The molecule has 0 aromatic heterocycles. The van der Waals surface area contributed by atoms with Crippen LogP contribution in [0.4, 0.5) is 4.39 Å². The number of hydrogen-bond donors (Lipinski definition) is 0. The molecule has 0 radical (unpaired) electrons. The molecule has 0 unspecified atom stereocenters. The lowest BCUT2D eigenvalue weighted by Gasteiger charge is -2.44. The Morgan fingerprint density at radius 3 is 2.38 bits per heavy atom. The highest BCUT2D eigenvalue weighted by Gasteiger charge is 2.48. The number of nitrogens with zero attached hydrogens (tertiary/aromatic N) is 2. The first-order valence-electron chi connectivity index (χ1n) is 8.59. The molecule has 3 fully saturated rings. The predicted octanol–water partition coefficient (Wildman–Crippen LogP) is 2.74. The van der Waals surface area contributed by atoms with Gasteiger partial charge in [-0.2, -0.15) is 0 Å². The van der Waals surface area contributed by atoms with Crippen LogP contribution in [0.5, 0.6) is 0 Å². The van der Waals surface area contributed by atoms with Crippen LogP contribution in [0.15, 0.2) is 24.3 Å². The summed E-state index contributed by atoms with van der Waals surface area (Å²) in [7, 11) is 0. The Bertz CT molecular complexity index is 651. The van der Waals surface area contributed by atoms with Crippen molar-refractivity contribution in [2.24, 2.45) is 5.92 Å². The Morgan fingerprint density at radius 2 is 1.75 bits per heavy atom. The number of hydrogen-bond acceptors (Lipinski definition) is 3. The van der Waals surface area contributed by atoms with Crippen molar-refractivity contribution in [2.75, 3.05) is 25.4 Å². The van der Waals surface area contributed by atoms with E-state index >= 15 is 0 Å². The van der Waals surface area contributed by atoms with Gasteiger partial charge < -0.3 is 9.80 Å². The molecule has 128 valence electrons. The fraction of sp³-hybridized carbons (Fsp3) is 0.556. The number of amides is 2. The van der Waals surface area contributed by atoms with Gasteiger partial charge in [-0.1, -0.05) is 0 Å². The Balaban J connectivity index is 1.47. The molecule has 2 aliphatic heterocycles. The SMILES string of the molecule is O=C(C1CC1)N1CCC2(CC1)SCCN2C(=O)c1ccc(F)cc1. The monoisotopic (exact) mass is 348 g/mol. The van der Waals surface area contributed by atoms with Crippen molar-refractivity contribution in [1.29, 1.82) is 0 Å². The van der Waals surface area contributed by atoms with Crippen LogP contribution in [0.25, 0.3) is 0 Å². The molecule has 1 aromatic rings. The summed E-state index contributed by atoms with van der Waals surface area (Å²) in [5, 5.41) is 0. The molecule has 6 heteroatoms. The van der Waals surface area contributed by atoms with E-state index in [2.05, 4.69) is 0 Å². The van der Waals surface area contributed by atoms with Crippen LogP contribution in [0, 0.1) is 11.7 Å². The Morgan fingerprint density at radius 1 is 1.08 bits per heavy atom. The minimum absolute atomic E-state index is 0.0260. The third kappa shape index (κ3) is 2.81. The Hall–Kier alpha value is -1.56.